The molecule has 0 fully saturated rings. The van der Waals surface area contributed by atoms with Crippen molar-refractivity contribution in [2.24, 2.45) is 0 Å². The number of methoxy groups -OCH3 is 1. The molecule has 1 N–H and O–H groups in total. The highest BCUT2D eigenvalue weighted by atomic mass is 16.6. The fraction of sp³-hybridized carbons (Fsp3) is 0.889. The maximum absolute atomic E-state index is 10.8. The van der Waals surface area contributed by atoms with Crippen molar-refractivity contribution in [3.8, 4) is 0 Å². The second-order valence-electron chi connectivity index (χ2n) is 3.46. The Bertz CT molecular complexity index is 165. The predicted octanol–water partition coefficient (Wildman–Crippen LogP) is 0.725. The lowest BCUT2D eigenvalue weighted by Crippen LogP contribution is -2.33. The summed E-state index contributed by atoms with van der Waals surface area (Å²) in [7, 11) is 1.23. The molecular formula is C9H18O4. The first kappa shape index (κ1) is 12.4. The zero-order chi connectivity index (χ0) is 10.5. The standard InChI is InChI=1S/C9H18O4/c1-5-9(2,3)13-6-7(10)8(11)12-4/h7,10H,5-6H2,1-4H3. The van der Waals surface area contributed by atoms with Gasteiger partial charge in [-0.2, -0.15) is 0 Å². The van der Waals surface area contributed by atoms with Crippen LogP contribution in [0, 0.1) is 0 Å². The van der Waals surface area contributed by atoms with Crippen LogP contribution in [-0.4, -0.2) is 36.5 Å². The van der Waals surface area contributed by atoms with Gasteiger partial charge in [0.15, 0.2) is 6.10 Å². The quantitative estimate of drug-likeness (QED) is 0.649. The van der Waals surface area contributed by atoms with E-state index in [4.69, 9.17) is 4.74 Å². The van der Waals surface area contributed by atoms with Gasteiger partial charge in [-0.3, -0.25) is 0 Å². The van der Waals surface area contributed by atoms with Gasteiger partial charge >= 0.3 is 5.97 Å². The van der Waals surface area contributed by atoms with Crippen molar-refractivity contribution >= 4 is 5.97 Å². The first-order valence-corrected chi connectivity index (χ1v) is 4.33. The number of esters is 1. The Morgan fingerprint density at radius 1 is 1.54 bits per heavy atom. The molecule has 13 heavy (non-hydrogen) atoms. The van der Waals surface area contributed by atoms with Crippen LogP contribution in [0.2, 0.25) is 0 Å². The summed E-state index contributed by atoms with van der Waals surface area (Å²) >= 11 is 0. The molecule has 0 amide bonds. The van der Waals surface area contributed by atoms with Gasteiger partial charge in [0.2, 0.25) is 0 Å². The molecule has 0 rings (SSSR count). The largest absolute Gasteiger partial charge is 0.467 e. The average molecular weight is 190 g/mol. The number of aliphatic hydroxyl groups excluding tert-OH is 1. The number of rotatable bonds is 5. The van der Waals surface area contributed by atoms with Crippen molar-refractivity contribution < 1.29 is 19.4 Å². The van der Waals surface area contributed by atoms with E-state index < -0.39 is 12.1 Å². The topological polar surface area (TPSA) is 55.8 Å². The van der Waals surface area contributed by atoms with E-state index in [-0.39, 0.29) is 12.2 Å². The van der Waals surface area contributed by atoms with Gasteiger partial charge in [-0.05, 0) is 20.3 Å². The van der Waals surface area contributed by atoms with Gasteiger partial charge in [0.1, 0.15) is 0 Å². The van der Waals surface area contributed by atoms with E-state index in [1.807, 2.05) is 20.8 Å². The van der Waals surface area contributed by atoms with Crippen LogP contribution in [0.4, 0.5) is 0 Å². The third-order valence-corrected chi connectivity index (χ3v) is 1.96. The number of carbonyl (C=O) groups is 1. The zero-order valence-electron chi connectivity index (χ0n) is 8.66. The number of aliphatic hydroxyl groups is 1. The van der Waals surface area contributed by atoms with E-state index in [1.165, 1.54) is 7.11 Å². The van der Waals surface area contributed by atoms with E-state index >= 15 is 0 Å². The molecule has 0 saturated carbocycles. The molecule has 0 aliphatic rings. The van der Waals surface area contributed by atoms with Gasteiger partial charge in [-0.25, -0.2) is 4.79 Å². The predicted molar refractivity (Wildman–Crippen MR) is 48.3 cm³/mol. The van der Waals surface area contributed by atoms with Crippen LogP contribution < -0.4 is 0 Å². The molecule has 0 aromatic carbocycles. The molecule has 0 spiro atoms. The van der Waals surface area contributed by atoms with Crippen LogP contribution in [0.15, 0.2) is 0 Å². The van der Waals surface area contributed by atoms with Crippen molar-refractivity contribution in [2.45, 2.75) is 38.9 Å². The second kappa shape index (κ2) is 5.19. The highest BCUT2D eigenvalue weighted by Crippen LogP contribution is 2.13. The van der Waals surface area contributed by atoms with Gasteiger partial charge < -0.3 is 14.6 Å². The molecule has 0 radical (unpaired) electrons. The second-order valence-corrected chi connectivity index (χ2v) is 3.46. The molecule has 0 aromatic heterocycles. The third kappa shape index (κ3) is 4.85. The first-order chi connectivity index (χ1) is 5.93. The van der Waals surface area contributed by atoms with E-state index in [2.05, 4.69) is 4.74 Å². The monoisotopic (exact) mass is 190 g/mol. The van der Waals surface area contributed by atoms with Gasteiger partial charge in [0, 0.05) is 0 Å². The van der Waals surface area contributed by atoms with Gasteiger partial charge in [0.25, 0.3) is 0 Å². The normalized spacial score (nSPS) is 13.9. The van der Waals surface area contributed by atoms with Crippen molar-refractivity contribution in [3.05, 3.63) is 0 Å². The summed E-state index contributed by atoms with van der Waals surface area (Å²) in [5.74, 6) is -0.660. The van der Waals surface area contributed by atoms with Gasteiger partial charge in [0.05, 0.1) is 19.3 Å². The summed E-state index contributed by atoms with van der Waals surface area (Å²) in [4.78, 5) is 10.8. The molecule has 4 nitrogen and oxygen atoms in total. The average Bonchev–Trinajstić information content (AvgIpc) is 2.13. The summed E-state index contributed by atoms with van der Waals surface area (Å²) in [6.45, 7) is 5.76. The lowest BCUT2D eigenvalue weighted by Gasteiger charge is -2.24. The maximum atomic E-state index is 10.8. The maximum Gasteiger partial charge on any atom is 0.337 e. The van der Waals surface area contributed by atoms with Gasteiger partial charge in [-0.15, -0.1) is 0 Å². The molecule has 78 valence electrons. The highest BCUT2D eigenvalue weighted by molar-refractivity contribution is 5.74. The minimum atomic E-state index is -1.18. The smallest absolute Gasteiger partial charge is 0.337 e. The molecule has 0 heterocycles. The Balaban J connectivity index is 3.82. The van der Waals surface area contributed by atoms with Crippen molar-refractivity contribution in [1.29, 1.82) is 0 Å². The first-order valence-electron chi connectivity index (χ1n) is 4.33. The summed E-state index contributed by atoms with van der Waals surface area (Å²) in [5.41, 5.74) is -0.311. The number of hydrogen-bond donors (Lipinski definition) is 1. The SMILES string of the molecule is CCC(C)(C)OCC(O)C(=O)OC. The Morgan fingerprint density at radius 2 is 2.08 bits per heavy atom. The van der Waals surface area contributed by atoms with Crippen molar-refractivity contribution in [3.63, 3.8) is 0 Å². The Hall–Kier alpha value is -0.610. The number of carbonyl (C=O) groups excluding carboxylic acids is 1. The summed E-state index contributed by atoms with van der Waals surface area (Å²) in [5, 5.41) is 9.18. The van der Waals surface area contributed by atoms with Crippen molar-refractivity contribution in [2.75, 3.05) is 13.7 Å². The van der Waals surface area contributed by atoms with Crippen molar-refractivity contribution in [1.82, 2.24) is 0 Å². The fourth-order valence-electron chi connectivity index (χ4n) is 0.611. The van der Waals surface area contributed by atoms with E-state index in [1.54, 1.807) is 0 Å². The molecular weight excluding hydrogens is 172 g/mol. The van der Waals surface area contributed by atoms with E-state index in [9.17, 15) is 9.90 Å². The highest BCUT2D eigenvalue weighted by Gasteiger charge is 2.21. The van der Waals surface area contributed by atoms with Gasteiger partial charge in [-0.1, -0.05) is 6.92 Å². The molecule has 0 aliphatic carbocycles. The molecule has 0 bridgehead atoms. The lowest BCUT2D eigenvalue weighted by molar-refractivity contribution is -0.157. The summed E-state index contributed by atoms with van der Waals surface area (Å²) in [6, 6.07) is 0. The van der Waals surface area contributed by atoms with Crippen LogP contribution in [0.5, 0.6) is 0 Å². The molecule has 0 aromatic rings. The summed E-state index contributed by atoms with van der Waals surface area (Å²) < 4.78 is 9.65. The molecule has 1 unspecified atom stereocenters. The Labute approximate surface area is 78.8 Å². The Morgan fingerprint density at radius 3 is 2.46 bits per heavy atom. The minimum absolute atomic E-state index is 0.0203. The van der Waals surface area contributed by atoms with Crippen LogP contribution in [0.1, 0.15) is 27.2 Å². The van der Waals surface area contributed by atoms with Crippen LogP contribution in [0.25, 0.3) is 0 Å². The van der Waals surface area contributed by atoms with Crippen LogP contribution in [0.3, 0.4) is 0 Å². The van der Waals surface area contributed by atoms with Crippen LogP contribution in [-0.2, 0) is 14.3 Å². The molecule has 1 atom stereocenters. The Kier molecular flexibility index (Phi) is 4.95. The lowest BCUT2D eigenvalue weighted by atomic mass is 10.1. The third-order valence-electron chi connectivity index (χ3n) is 1.96. The van der Waals surface area contributed by atoms with E-state index in [0.29, 0.717) is 0 Å². The van der Waals surface area contributed by atoms with E-state index in [0.717, 1.165) is 6.42 Å². The fourth-order valence-corrected chi connectivity index (χ4v) is 0.611. The summed E-state index contributed by atoms with van der Waals surface area (Å²) in [6.07, 6.45) is -0.364. The molecule has 4 heteroatoms. The number of hydrogen-bond acceptors (Lipinski definition) is 4. The number of ether oxygens (including phenoxy) is 2. The zero-order valence-corrected chi connectivity index (χ0v) is 8.66. The molecule has 0 aliphatic heterocycles. The minimum Gasteiger partial charge on any atom is -0.467 e. The van der Waals surface area contributed by atoms with Crippen LogP contribution >= 0.6 is 0 Å². The molecule has 0 saturated heterocycles.